The molecule has 1 aliphatic rings. The Morgan fingerprint density at radius 2 is 1.73 bits per heavy atom. The molecule has 0 unspecified atom stereocenters. The molecule has 0 aromatic heterocycles. The molecular weight excluding hydrogens is 350 g/mol. The number of carbonyl (C=O) groups is 1. The minimum Gasteiger partial charge on any atom is -0.493 e. The standard InChI is InChI=1S/C20H23NO4S/c1-13-9-10-21(15-7-5-6-8-18(15)26-13)20(22)14-11-16(23-2)19(25-4)17(12-14)24-3/h5-8,11-13H,9-10H2,1-4H3/t13-/m0/s1. The summed E-state index contributed by atoms with van der Waals surface area (Å²) in [4.78, 5) is 16.3. The summed E-state index contributed by atoms with van der Waals surface area (Å²) < 4.78 is 16.1. The normalized spacial score (nSPS) is 16.5. The fourth-order valence-corrected chi connectivity index (χ4v) is 4.17. The van der Waals surface area contributed by atoms with Gasteiger partial charge in [0.15, 0.2) is 11.5 Å². The Morgan fingerprint density at radius 3 is 2.35 bits per heavy atom. The van der Waals surface area contributed by atoms with E-state index >= 15 is 0 Å². The fraction of sp³-hybridized carbons (Fsp3) is 0.350. The van der Waals surface area contributed by atoms with Gasteiger partial charge in [-0.25, -0.2) is 0 Å². The van der Waals surface area contributed by atoms with Crippen molar-refractivity contribution in [1.29, 1.82) is 0 Å². The van der Waals surface area contributed by atoms with Crippen molar-refractivity contribution in [3.63, 3.8) is 0 Å². The number of carbonyl (C=O) groups excluding carboxylic acids is 1. The first-order valence-corrected chi connectivity index (χ1v) is 9.34. The molecule has 0 aliphatic carbocycles. The van der Waals surface area contributed by atoms with E-state index in [4.69, 9.17) is 14.2 Å². The molecule has 0 N–H and O–H groups in total. The number of amides is 1. The molecule has 1 aliphatic heterocycles. The molecule has 26 heavy (non-hydrogen) atoms. The molecule has 2 aromatic carbocycles. The van der Waals surface area contributed by atoms with E-state index in [-0.39, 0.29) is 5.91 Å². The highest BCUT2D eigenvalue weighted by Gasteiger charge is 2.26. The fourth-order valence-electron chi connectivity index (χ4n) is 3.06. The molecule has 0 bridgehead atoms. The number of hydrogen-bond donors (Lipinski definition) is 0. The lowest BCUT2D eigenvalue weighted by molar-refractivity contribution is 0.0985. The van der Waals surface area contributed by atoms with E-state index in [0.29, 0.717) is 34.6 Å². The van der Waals surface area contributed by atoms with Gasteiger partial charge in [-0.1, -0.05) is 19.1 Å². The summed E-state index contributed by atoms with van der Waals surface area (Å²) in [5.74, 6) is 1.35. The first-order valence-electron chi connectivity index (χ1n) is 8.46. The average Bonchev–Trinajstić information content (AvgIpc) is 2.84. The van der Waals surface area contributed by atoms with Crippen LogP contribution in [0.4, 0.5) is 5.69 Å². The van der Waals surface area contributed by atoms with Crippen molar-refractivity contribution in [1.82, 2.24) is 0 Å². The number of para-hydroxylation sites is 1. The number of fused-ring (bicyclic) bond motifs is 1. The molecule has 0 saturated carbocycles. The summed E-state index contributed by atoms with van der Waals surface area (Å²) in [7, 11) is 4.64. The molecular formula is C20H23NO4S. The summed E-state index contributed by atoms with van der Waals surface area (Å²) >= 11 is 1.81. The van der Waals surface area contributed by atoms with Gasteiger partial charge in [-0.05, 0) is 30.7 Å². The third-order valence-corrected chi connectivity index (χ3v) is 5.64. The van der Waals surface area contributed by atoms with Crippen LogP contribution >= 0.6 is 11.8 Å². The van der Waals surface area contributed by atoms with Crippen LogP contribution in [0.5, 0.6) is 17.2 Å². The van der Waals surface area contributed by atoms with Gasteiger partial charge in [0.25, 0.3) is 5.91 Å². The van der Waals surface area contributed by atoms with Crippen LogP contribution in [0.15, 0.2) is 41.3 Å². The Balaban J connectivity index is 2.04. The van der Waals surface area contributed by atoms with Crippen molar-refractivity contribution in [2.45, 2.75) is 23.5 Å². The molecule has 0 spiro atoms. The van der Waals surface area contributed by atoms with Crippen LogP contribution in [0, 0.1) is 0 Å². The Labute approximate surface area is 158 Å². The van der Waals surface area contributed by atoms with Crippen molar-refractivity contribution in [2.75, 3.05) is 32.8 Å². The lowest BCUT2D eigenvalue weighted by atomic mass is 10.1. The number of thioether (sulfide) groups is 1. The van der Waals surface area contributed by atoms with Crippen LogP contribution < -0.4 is 19.1 Å². The van der Waals surface area contributed by atoms with Crippen molar-refractivity contribution in [2.24, 2.45) is 0 Å². The third-order valence-electron chi connectivity index (χ3n) is 4.40. The van der Waals surface area contributed by atoms with Crippen LogP contribution in [0.2, 0.25) is 0 Å². The first-order chi connectivity index (χ1) is 12.6. The van der Waals surface area contributed by atoms with Crippen molar-refractivity contribution in [3.8, 4) is 17.2 Å². The predicted octanol–water partition coefficient (Wildman–Crippen LogP) is 4.24. The van der Waals surface area contributed by atoms with E-state index in [1.54, 1.807) is 33.5 Å². The predicted molar refractivity (Wildman–Crippen MR) is 104 cm³/mol. The Morgan fingerprint density at radius 1 is 1.08 bits per heavy atom. The SMILES string of the molecule is COc1cc(C(=O)N2CC[C@H](C)Sc3ccccc32)cc(OC)c1OC. The number of nitrogens with zero attached hydrogens (tertiary/aromatic N) is 1. The van der Waals surface area contributed by atoms with Gasteiger partial charge >= 0.3 is 0 Å². The van der Waals surface area contributed by atoms with E-state index in [2.05, 4.69) is 13.0 Å². The van der Waals surface area contributed by atoms with Crippen molar-refractivity contribution >= 4 is 23.4 Å². The lowest BCUT2D eigenvalue weighted by Gasteiger charge is -2.23. The van der Waals surface area contributed by atoms with Crippen LogP contribution in [-0.4, -0.2) is 39.0 Å². The molecule has 1 atom stereocenters. The number of methoxy groups -OCH3 is 3. The molecule has 138 valence electrons. The van der Waals surface area contributed by atoms with Gasteiger partial charge in [0.2, 0.25) is 5.75 Å². The number of benzene rings is 2. The minimum atomic E-state index is -0.0774. The van der Waals surface area contributed by atoms with Crippen LogP contribution in [0.25, 0.3) is 0 Å². The summed E-state index contributed by atoms with van der Waals surface area (Å²) in [6.45, 7) is 2.86. The van der Waals surface area contributed by atoms with E-state index in [9.17, 15) is 4.79 Å². The van der Waals surface area contributed by atoms with E-state index in [0.717, 1.165) is 17.0 Å². The molecule has 1 amide bonds. The molecule has 0 fully saturated rings. The zero-order chi connectivity index (χ0) is 18.7. The monoisotopic (exact) mass is 373 g/mol. The van der Waals surface area contributed by atoms with Crippen LogP contribution in [0.1, 0.15) is 23.7 Å². The lowest BCUT2D eigenvalue weighted by Crippen LogP contribution is -2.32. The minimum absolute atomic E-state index is 0.0774. The quantitative estimate of drug-likeness (QED) is 0.802. The van der Waals surface area contributed by atoms with Crippen LogP contribution in [0.3, 0.4) is 0 Å². The second-order valence-electron chi connectivity index (χ2n) is 6.06. The molecule has 0 radical (unpaired) electrons. The maximum absolute atomic E-state index is 13.3. The maximum Gasteiger partial charge on any atom is 0.258 e. The van der Waals surface area contributed by atoms with Gasteiger partial charge in [-0.3, -0.25) is 4.79 Å². The Hall–Kier alpha value is -2.34. The molecule has 1 heterocycles. The van der Waals surface area contributed by atoms with Crippen LogP contribution in [-0.2, 0) is 0 Å². The number of ether oxygens (including phenoxy) is 3. The molecule has 3 rings (SSSR count). The highest BCUT2D eigenvalue weighted by atomic mass is 32.2. The summed E-state index contributed by atoms with van der Waals surface area (Å²) in [6, 6.07) is 11.4. The zero-order valence-corrected chi connectivity index (χ0v) is 16.3. The largest absolute Gasteiger partial charge is 0.493 e. The Bertz CT molecular complexity index is 783. The smallest absolute Gasteiger partial charge is 0.258 e. The molecule has 2 aromatic rings. The molecule has 0 saturated heterocycles. The van der Waals surface area contributed by atoms with Gasteiger partial charge in [-0.15, -0.1) is 11.8 Å². The van der Waals surface area contributed by atoms with Crippen molar-refractivity contribution < 1.29 is 19.0 Å². The Kier molecular flexibility index (Phi) is 5.61. The highest BCUT2D eigenvalue weighted by Crippen LogP contribution is 2.41. The average molecular weight is 373 g/mol. The van der Waals surface area contributed by atoms with Gasteiger partial charge in [0, 0.05) is 22.3 Å². The number of hydrogen-bond acceptors (Lipinski definition) is 5. The van der Waals surface area contributed by atoms with Gasteiger partial charge in [0.1, 0.15) is 0 Å². The van der Waals surface area contributed by atoms with E-state index in [1.165, 1.54) is 0 Å². The molecule has 6 heteroatoms. The number of rotatable bonds is 4. The second kappa shape index (κ2) is 7.91. The van der Waals surface area contributed by atoms with E-state index in [1.807, 2.05) is 34.9 Å². The second-order valence-corrected chi connectivity index (χ2v) is 7.54. The first kappa shape index (κ1) is 18.5. The van der Waals surface area contributed by atoms with Gasteiger partial charge < -0.3 is 19.1 Å². The topological polar surface area (TPSA) is 48.0 Å². The zero-order valence-electron chi connectivity index (χ0n) is 15.4. The summed E-state index contributed by atoms with van der Waals surface area (Å²) in [5.41, 5.74) is 1.45. The summed E-state index contributed by atoms with van der Waals surface area (Å²) in [6.07, 6.45) is 0.926. The summed E-state index contributed by atoms with van der Waals surface area (Å²) in [5, 5.41) is 0.453. The number of anilines is 1. The van der Waals surface area contributed by atoms with E-state index < -0.39 is 0 Å². The third kappa shape index (κ3) is 3.46. The van der Waals surface area contributed by atoms with Gasteiger partial charge in [-0.2, -0.15) is 0 Å². The van der Waals surface area contributed by atoms with Gasteiger partial charge in [0.05, 0.1) is 27.0 Å². The highest BCUT2D eigenvalue weighted by molar-refractivity contribution is 8.00. The van der Waals surface area contributed by atoms with Crippen molar-refractivity contribution in [3.05, 3.63) is 42.0 Å². The maximum atomic E-state index is 13.3. The molecule has 5 nitrogen and oxygen atoms in total.